The van der Waals surface area contributed by atoms with Gasteiger partial charge in [-0.3, -0.25) is 0 Å². The van der Waals surface area contributed by atoms with Gasteiger partial charge in [0.2, 0.25) is 0 Å². The zero-order valence-corrected chi connectivity index (χ0v) is 15.5. The van der Waals surface area contributed by atoms with E-state index in [1.165, 1.54) is 0 Å². The van der Waals surface area contributed by atoms with E-state index >= 15 is 0 Å². The molecule has 0 fully saturated rings. The third-order valence-electron chi connectivity index (χ3n) is 3.41. The third kappa shape index (κ3) is 5.23. The molecule has 0 unspecified atom stereocenters. The average Bonchev–Trinajstić information content (AvgIpc) is 2.54. The summed E-state index contributed by atoms with van der Waals surface area (Å²) in [5, 5.41) is 0.636. The van der Waals surface area contributed by atoms with Crippen molar-refractivity contribution in [1.82, 2.24) is 0 Å². The smallest absolute Gasteiger partial charge is 0.375 e. The van der Waals surface area contributed by atoms with Crippen LogP contribution in [0.5, 0.6) is 0 Å². The Morgan fingerprint density at radius 3 is 2.00 bits per heavy atom. The second-order valence-corrected chi connectivity index (χ2v) is 12.4. The number of alkyl halides is 8. The first kappa shape index (κ1) is 23.5. The van der Waals surface area contributed by atoms with Gasteiger partial charge in [-0.05, 0) is 17.7 Å². The number of benzene rings is 1. The van der Waals surface area contributed by atoms with Crippen LogP contribution < -0.4 is 5.19 Å². The molecule has 1 nitrogen and oxygen atoms in total. The van der Waals surface area contributed by atoms with Crippen LogP contribution in [0.1, 0.15) is 6.42 Å². The minimum absolute atomic E-state index is 0.0129. The lowest BCUT2D eigenvalue weighted by Gasteiger charge is -2.32. The number of hydrogen-bond donors (Lipinski definition) is 0. The molecule has 0 saturated carbocycles. The van der Waals surface area contributed by atoms with Crippen LogP contribution in [0, 0.1) is 0 Å². The van der Waals surface area contributed by atoms with E-state index in [2.05, 4.69) is 4.74 Å². The quantitative estimate of drug-likeness (QED) is 0.202. The predicted octanol–water partition coefficient (Wildman–Crippen LogP) is 5.39. The Morgan fingerprint density at radius 1 is 0.962 bits per heavy atom. The van der Waals surface area contributed by atoms with Gasteiger partial charge >= 0.3 is 24.2 Å². The summed E-state index contributed by atoms with van der Waals surface area (Å²) in [7, 11) is 0. The molecule has 1 aromatic carbocycles. The molecule has 0 heterocycles. The fourth-order valence-electron chi connectivity index (χ4n) is 1.89. The van der Waals surface area contributed by atoms with Crippen LogP contribution >= 0.6 is 22.2 Å². The lowest BCUT2D eigenvalue weighted by Crippen LogP contribution is -2.59. The Bertz CT molecular complexity index is 571. The number of halogens is 10. The van der Waals surface area contributed by atoms with E-state index < -0.39 is 44.1 Å². The van der Waals surface area contributed by atoms with Gasteiger partial charge in [0.25, 0.3) is 6.69 Å². The fourth-order valence-corrected chi connectivity index (χ4v) is 5.01. The largest absolute Gasteiger partial charge is 0.380 e. The molecule has 0 radical (unpaired) electrons. The van der Waals surface area contributed by atoms with Gasteiger partial charge in [0.15, 0.2) is 0 Å². The molecule has 0 spiro atoms. The molecule has 0 N–H and O–H groups in total. The van der Waals surface area contributed by atoms with Crippen molar-refractivity contribution in [3.63, 3.8) is 0 Å². The first-order valence-corrected chi connectivity index (χ1v) is 11.4. The van der Waals surface area contributed by atoms with Gasteiger partial charge in [0, 0.05) is 6.61 Å². The van der Waals surface area contributed by atoms with Crippen LogP contribution in [0.15, 0.2) is 30.3 Å². The Hall–Kier alpha value is -0.583. The van der Waals surface area contributed by atoms with E-state index in [9.17, 15) is 35.1 Å². The molecular formula is C14H14Cl2F8OSi. The highest BCUT2D eigenvalue weighted by Crippen LogP contribution is 2.48. The second-order valence-electron chi connectivity index (χ2n) is 5.43. The monoisotopic (exact) mass is 448 g/mol. The van der Waals surface area contributed by atoms with Gasteiger partial charge in [0.1, 0.15) is 6.61 Å². The van der Waals surface area contributed by atoms with E-state index in [1.54, 1.807) is 30.3 Å². The van der Waals surface area contributed by atoms with Crippen LogP contribution in [0.25, 0.3) is 0 Å². The summed E-state index contributed by atoms with van der Waals surface area (Å²) in [6.45, 7) is -5.63. The molecule has 0 aliphatic heterocycles. The van der Waals surface area contributed by atoms with E-state index in [4.69, 9.17) is 22.2 Å². The molecule has 0 bridgehead atoms. The summed E-state index contributed by atoms with van der Waals surface area (Å²) in [5.41, 5.74) is 0. The number of ether oxygens (including phenoxy) is 1. The molecule has 1 aromatic rings. The van der Waals surface area contributed by atoms with Gasteiger partial charge in [-0.25, -0.2) is 8.78 Å². The number of hydrogen-bond acceptors (Lipinski definition) is 1. The summed E-state index contributed by atoms with van der Waals surface area (Å²) in [5.74, 6) is -17.9. The topological polar surface area (TPSA) is 9.23 Å². The normalized spacial score (nSPS) is 14.1. The van der Waals surface area contributed by atoms with Crippen molar-refractivity contribution in [2.45, 2.75) is 36.7 Å². The van der Waals surface area contributed by atoms with Crippen LogP contribution in [0.3, 0.4) is 0 Å². The minimum atomic E-state index is -6.27. The highest BCUT2D eigenvalue weighted by atomic mass is 35.7. The third-order valence-corrected chi connectivity index (χ3v) is 8.01. The summed E-state index contributed by atoms with van der Waals surface area (Å²) < 4.78 is 106. The standard InChI is InChI=1S/C14H14Cl2F8OSi/c15-26(16,10-5-2-1-3-6-10)8-4-7-25-9-12(19,20)14(23,24)13(21,22)11(17)18/h1-3,5-6,11H,4,7-9H2. The Labute approximate surface area is 154 Å². The van der Waals surface area contributed by atoms with E-state index in [0.29, 0.717) is 5.19 Å². The predicted molar refractivity (Wildman–Crippen MR) is 84.6 cm³/mol. The van der Waals surface area contributed by atoms with Gasteiger partial charge in [-0.15, -0.1) is 22.2 Å². The second kappa shape index (κ2) is 8.62. The summed E-state index contributed by atoms with van der Waals surface area (Å²) in [6, 6.07) is 8.54. The maximum absolute atomic E-state index is 13.3. The first-order valence-electron chi connectivity index (χ1n) is 7.18. The fraction of sp³-hybridized carbons (Fsp3) is 0.571. The molecule has 150 valence electrons. The van der Waals surface area contributed by atoms with Crippen molar-refractivity contribution < 1.29 is 39.9 Å². The van der Waals surface area contributed by atoms with Gasteiger partial charge in [-0.1, -0.05) is 30.3 Å². The molecule has 0 saturated heterocycles. The van der Waals surface area contributed by atoms with E-state index in [-0.39, 0.29) is 12.5 Å². The molecule has 1 rings (SSSR count). The lowest BCUT2D eigenvalue weighted by molar-refractivity contribution is -0.345. The molecule has 0 atom stereocenters. The highest BCUT2D eigenvalue weighted by Gasteiger charge is 2.75. The van der Waals surface area contributed by atoms with Crippen molar-refractivity contribution in [2.75, 3.05) is 13.2 Å². The van der Waals surface area contributed by atoms with Crippen LogP contribution in [-0.2, 0) is 4.74 Å². The van der Waals surface area contributed by atoms with Crippen LogP contribution in [0.4, 0.5) is 35.1 Å². The van der Waals surface area contributed by atoms with Crippen molar-refractivity contribution in [2.24, 2.45) is 0 Å². The van der Waals surface area contributed by atoms with E-state index in [0.717, 1.165) is 0 Å². The maximum Gasteiger partial charge on any atom is 0.380 e. The molecule has 26 heavy (non-hydrogen) atoms. The Balaban J connectivity index is 2.54. The molecule has 0 aliphatic rings. The summed E-state index contributed by atoms with van der Waals surface area (Å²) in [4.78, 5) is 0. The van der Waals surface area contributed by atoms with E-state index in [1.807, 2.05) is 0 Å². The van der Waals surface area contributed by atoms with Crippen molar-refractivity contribution in [3.8, 4) is 0 Å². The molecule has 0 aromatic heterocycles. The highest BCUT2D eigenvalue weighted by molar-refractivity contribution is 7.50. The molecule has 0 amide bonds. The lowest BCUT2D eigenvalue weighted by atomic mass is 10.1. The molecule has 12 heteroatoms. The van der Waals surface area contributed by atoms with Crippen molar-refractivity contribution >= 4 is 34.0 Å². The summed E-state index contributed by atoms with van der Waals surface area (Å²) >= 11 is 12.4. The zero-order valence-electron chi connectivity index (χ0n) is 13.0. The molecule has 0 aliphatic carbocycles. The minimum Gasteiger partial charge on any atom is -0.375 e. The Kier molecular flexibility index (Phi) is 7.77. The van der Waals surface area contributed by atoms with Crippen molar-refractivity contribution in [3.05, 3.63) is 30.3 Å². The SMILES string of the molecule is FC(F)C(F)(F)C(F)(F)C(F)(F)COCCC[Si](Cl)(Cl)c1ccccc1. The zero-order chi connectivity index (χ0) is 20.2. The number of rotatable bonds is 10. The van der Waals surface area contributed by atoms with Crippen LogP contribution in [0.2, 0.25) is 6.04 Å². The van der Waals surface area contributed by atoms with Crippen molar-refractivity contribution in [1.29, 1.82) is 0 Å². The van der Waals surface area contributed by atoms with Crippen LogP contribution in [-0.4, -0.2) is 44.1 Å². The summed E-state index contributed by atoms with van der Waals surface area (Å²) in [6.07, 6.45) is -4.96. The average molecular weight is 449 g/mol. The Morgan fingerprint density at radius 2 is 1.50 bits per heavy atom. The first-order chi connectivity index (χ1) is 11.8. The van der Waals surface area contributed by atoms with Gasteiger partial charge in [-0.2, -0.15) is 26.3 Å². The maximum atomic E-state index is 13.3. The molecular weight excluding hydrogens is 435 g/mol. The van der Waals surface area contributed by atoms with Gasteiger partial charge in [0.05, 0.1) is 0 Å². The van der Waals surface area contributed by atoms with Gasteiger partial charge < -0.3 is 4.74 Å².